The molecule has 4 rings (SSSR count). The van der Waals surface area contributed by atoms with E-state index in [0.29, 0.717) is 25.2 Å². The second-order valence-corrected chi connectivity index (χ2v) is 12.7. The maximum Gasteiger partial charge on any atom is 0.111 e. The summed E-state index contributed by atoms with van der Waals surface area (Å²) < 4.78 is 15.7. The summed E-state index contributed by atoms with van der Waals surface area (Å²) in [5, 5.41) is 3.61. The van der Waals surface area contributed by atoms with Crippen LogP contribution in [0, 0.1) is 18.8 Å². The van der Waals surface area contributed by atoms with Crippen LogP contribution >= 0.6 is 0 Å². The zero-order chi connectivity index (χ0) is 28.9. The number of nitrogens with one attached hydrogen (secondary N) is 1. The third kappa shape index (κ3) is 6.99. The fourth-order valence-corrected chi connectivity index (χ4v) is 7.25. The fraction of sp³-hybridized carbons (Fsp3) is 0.526. The largest absolute Gasteiger partial charge is 0.387 e. The molecule has 3 aliphatic rings. The SMILES string of the molecule is CCC1=C(C)C(C2=CCN/C=C(\C(=C/C(C)CC3(F)CCCCC3)c3ccc(C)cc3)C(C)=C2)=C(C)C(CC)C1. The van der Waals surface area contributed by atoms with Crippen molar-refractivity contribution in [3.63, 3.8) is 0 Å². The molecular weight excluding hydrogens is 489 g/mol. The van der Waals surface area contributed by atoms with E-state index in [0.717, 1.165) is 25.8 Å². The maximum atomic E-state index is 15.7. The predicted molar refractivity (Wildman–Crippen MR) is 172 cm³/mol. The fourth-order valence-electron chi connectivity index (χ4n) is 7.25. The number of allylic oxidation sites excluding steroid dienone is 10. The first kappa shape index (κ1) is 30.4. The highest BCUT2D eigenvalue weighted by atomic mass is 19.1. The molecule has 2 aliphatic carbocycles. The molecule has 0 saturated heterocycles. The molecule has 1 aliphatic heterocycles. The highest BCUT2D eigenvalue weighted by Gasteiger charge is 2.33. The van der Waals surface area contributed by atoms with Crippen LogP contribution in [0.1, 0.15) is 110 Å². The van der Waals surface area contributed by atoms with E-state index in [1.807, 2.05) is 0 Å². The molecule has 1 aromatic carbocycles. The molecule has 216 valence electrons. The Hall–Kier alpha value is -2.61. The van der Waals surface area contributed by atoms with Crippen molar-refractivity contribution in [2.75, 3.05) is 6.54 Å². The summed E-state index contributed by atoms with van der Waals surface area (Å²) in [7, 11) is 0. The molecule has 1 saturated carbocycles. The van der Waals surface area contributed by atoms with Crippen LogP contribution in [-0.4, -0.2) is 12.2 Å². The van der Waals surface area contributed by atoms with Gasteiger partial charge in [-0.15, -0.1) is 0 Å². The molecule has 2 unspecified atom stereocenters. The van der Waals surface area contributed by atoms with Crippen LogP contribution in [0.3, 0.4) is 0 Å². The number of halogens is 1. The highest BCUT2D eigenvalue weighted by molar-refractivity contribution is 5.84. The number of hydrogen-bond donors (Lipinski definition) is 1. The minimum absolute atomic E-state index is 0.152. The third-order valence-electron chi connectivity index (χ3n) is 9.64. The van der Waals surface area contributed by atoms with Gasteiger partial charge in [0, 0.05) is 18.3 Å². The Bertz CT molecular complexity index is 1240. The number of hydrogen-bond acceptors (Lipinski definition) is 1. The van der Waals surface area contributed by atoms with Crippen LogP contribution in [-0.2, 0) is 0 Å². The molecule has 1 N–H and O–H groups in total. The van der Waals surface area contributed by atoms with E-state index in [4.69, 9.17) is 0 Å². The third-order valence-corrected chi connectivity index (χ3v) is 9.64. The second-order valence-electron chi connectivity index (χ2n) is 12.7. The lowest BCUT2D eigenvalue weighted by Gasteiger charge is -2.31. The van der Waals surface area contributed by atoms with Crippen molar-refractivity contribution in [3.8, 4) is 0 Å². The van der Waals surface area contributed by atoms with Crippen molar-refractivity contribution in [1.29, 1.82) is 0 Å². The van der Waals surface area contributed by atoms with Gasteiger partial charge in [0.2, 0.25) is 0 Å². The lowest BCUT2D eigenvalue weighted by molar-refractivity contribution is 0.0855. The molecular formula is C38H52FN. The topological polar surface area (TPSA) is 12.0 Å². The van der Waals surface area contributed by atoms with Gasteiger partial charge >= 0.3 is 0 Å². The number of benzene rings is 1. The molecule has 1 fully saturated rings. The summed E-state index contributed by atoms with van der Waals surface area (Å²) in [4.78, 5) is 0. The summed E-state index contributed by atoms with van der Waals surface area (Å²) in [5.74, 6) is 0.771. The van der Waals surface area contributed by atoms with Crippen LogP contribution in [0.25, 0.3) is 5.57 Å². The minimum atomic E-state index is -1.03. The molecule has 1 nitrogen and oxygen atoms in total. The van der Waals surface area contributed by atoms with Crippen LogP contribution in [0.4, 0.5) is 4.39 Å². The molecule has 0 amide bonds. The van der Waals surface area contributed by atoms with Crippen LogP contribution < -0.4 is 5.32 Å². The van der Waals surface area contributed by atoms with E-state index in [2.05, 4.69) is 102 Å². The van der Waals surface area contributed by atoms with Crippen molar-refractivity contribution in [3.05, 3.63) is 98.8 Å². The van der Waals surface area contributed by atoms with Gasteiger partial charge in [-0.1, -0.05) is 99.2 Å². The van der Waals surface area contributed by atoms with E-state index in [1.54, 1.807) is 5.57 Å². The monoisotopic (exact) mass is 541 g/mol. The Labute approximate surface area is 244 Å². The lowest BCUT2D eigenvalue weighted by atomic mass is 9.75. The summed E-state index contributed by atoms with van der Waals surface area (Å²) in [5.41, 5.74) is 12.5. The highest BCUT2D eigenvalue weighted by Crippen LogP contribution is 2.42. The predicted octanol–water partition coefficient (Wildman–Crippen LogP) is 10.9. The van der Waals surface area contributed by atoms with Crippen molar-refractivity contribution >= 4 is 5.57 Å². The summed E-state index contributed by atoms with van der Waals surface area (Å²) in [6.07, 6.45) is 18.0. The Morgan fingerprint density at radius 2 is 1.75 bits per heavy atom. The average Bonchev–Trinajstić information content (AvgIpc) is 2.91. The number of aryl methyl sites for hydroxylation is 1. The van der Waals surface area contributed by atoms with E-state index in [1.165, 1.54) is 69.4 Å². The molecule has 1 heterocycles. The summed E-state index contributed by atoms with van der Waals surface area (Å²) in [6, 6.07) is 8.83. The van der Waals surface area contributed by atoms with E-state index in [9.17, 15) is 0 Å². The van der Waals surface area contributed by atoms with Gasteiger partial charge in [-0.3, -0.25) is 0 Å². The Morgan fingerprint density at radius 3 is 2.40 bits per heavy atom. The molecule has 0 spiro atoms. The Morgan fingerprint density at radius 1 is 1.05 bits per heavy atom. The normalized spacial score (nSPS) is 24.4. The smallest absolute Gasteiger partial charge is 0.111 e. The van der Waals surface area contributed by atoms with Crippen molar-refractivity contribution in [1.82, 2.24) is 5.32 Å². The van der Waals surface area contributed by atoms with Crippen molar-refractivity contribution in [2.45, 2.75) is 112 Å². The number of alkyl halides is 1. The molecule has 40 heavy (non-hydrogen) atoms. The zero-order valence-corrected chi connectivity index (χ0v) is 26.2. The van der Waals surface area contributed by atoms with Gasteiger partial charge in [0.05, 0.1) is 0 Å². The standard InChI is InChI=1S/C38H52FN/c1-8-31-23-32(9-2)30(7)37(29(31)6)34-17-20-40-25-36(28(5)22-34)35(33-15-13-26(3)14-16-33)21-27(4)24-38(39)18-11-10-12-19-38/h13-17,21-22,25,27,31,40H,8-12,18-20,23-24H2,1-7H3/b28-22?,34-17?,35-21-,36-25-. The first-order valence-corrected chi connectivity index (χ1v) is 15.9. The van der Waals surface area contributed by atoms with Gasteiger partial charge in [-0.2, -0.15) is 0 Å². The first-order valence-electron chi connectivity index (χ1n) is 15.9. The Kier molecular flexibility index (Phi) is 10.1. The molecule has 2 atom stereocenters. The Balaban J connectivity index is 1.75. The van der Waals surface area contributed by atoms with Gasteiger partial charge in [0.25, 0.3) is 0 Å². The van der Waals surface area contributed by atoms with E-state index < -0.39 is 5.67 Å². The van der Waals surface area contributed by atoms with E-state index >= 15 is 4.39 Å². The minimum Gasteiger partial charge on any atom is -0.387 e. The maximum absolute atomic E-state index is 15.7. The molecule has 2 heteroatoms. The van der Waals surface area contributed by atoms with Crippen molar-refractivity contribution in [2.24, 2.45) is 11.8 Å². The first-order chi connectivity index (χ1) is 19.2. The molecule has 0 aromatic heterocycles. The quantitative estimate of drug-likeness (QED) is 0.345. The van der Waals surface area contributed by atoms with Gasteiger partial charge in [-0.25, -0.2) is 4.39 Å². The van der Waals surface area contributed by atoms with Gasteiger partial charge in [0.15, 0.2) is 0 Å². The van der Waals surface area contributed by atoms with Gasteiger partial charge in [0.1, 0.15) is 5.67 Å². The van der Waals surface area contributed by atoms with Crippen LogP contribution in [0.5, 0.6) is 0 Å². The van der Waals surface area contributed by atoms with Gasteiger partial charge < -0.3 is 5.32 Å². The van der Waals surface area contributed by atoms with Crippen LogP contribution in [0.2, 0.25) is 0 Å². The average molecular weight is 542 g/mol. The van der Waals surface area contributed by atoms with Crippen molar-refractivity contribution < 1.29 is 4.39 Å². The molecule has 0 radical (unpaired) electrons. The zero-order valence-electron chi connectivity index (χ0n) is 26.2. The summed E-state index contributed by atoms with van der Waals surface area (Å²) in [6.45, 7) is 16.7. The lowest BCUT2D eigenvalue weighted by Crippen LogP contribution is -2.28. The van der Waals surface area contributed by atoms with E-state index in [-0.39, 0.29) is 5.92 Å². The second kappa shape index (κ2) is 13.4. The van der Waals surface area contributed by atoms with Crippen LogP contribution in [0.15, 0.2) is 87.7 Å². The molecule has 0 bridgehead atoms. The molecule has 1 aromatic rings. The number of rotatable bonds is 8. The summed E-state index contributed by atoms with van der Waals surface area (Å²) >= 11 is 0. The van der Waals surface area contributed by atoms with Gasteiger partial charge in [-0.05, 0) is 111 Å².